The van der Waals surface area contributed by atoms with E-state index in [0.29, 0.717) is 11.9 Å². The smallest absolute Gasteiger partial charge is 0.319 e. The van der Waals surface area contributed by atoms with Gasteiger partial charge in [-0.05, 0) is 29.5 Å². The SMILES string of the molecule is COc1nccc(Oc2ccc(C(C)(C)C)cc2C)n1. The molecule has 4 nitrogen and oxygen atoms in total. The van der Waals surface area contributed by atoms with Gasteiger partial charge in [0.2, 0.25) is 5.88 Å². The van der Waals surface area contributed by atoms with Crippen LogP contribution in [0.15, 0.2) is 30.5 Å². The van der Waals surface area contributed by atoms with E-state index in [2.05, 4.69) is 42.9 Å². The Labute approximate surface area is 119 Å². The van der Waals surface area contributed by atoms with Crippen molar-refractivity contribution >= 4 is 0 Å². The minimum absolute atomic E-state index is 0.126. The summed E-state index contributed by atoms with van der Waals surface area (Å²) in [6.45, 7) is 8.61. The number of hydrogen-bond acceptors (Lipinski definition) is 4. The summed E-state index contributed by atoms with van der Waals surface area (Å²) in [5.41, 5.74) is 2.49. The average molecular weight is 272 g/mol. The maximum Gasteiger partial charge on any atom is 0.319 e. The number of benzene rings is 1. The molecule has 0 saturated carbocycles. The van der Waals surface area contributed by atoms with E-state index in [-0.39, 0.29) is 5.41 Å². The van der Waals surface area contributed by atoms with E-state index < -0.39 is 0 Å². The van der Waals surface area contributed by atoms with Gasteiger partial charge in [0.05, 0.1) is 7.11 Å². The summed E-state index contributed by atoms with van der Waals surface area (Å²) in [4.78, 5) is 8.10. The molecule has 0 aliphatic rings. The van der Waals surface area contributed by atoms with Crippen LogP contribution in [0.25, 0.3) is 0 Å². The summed E-state index contributed by atoms with van der Waals surface area (Å²) in [6.07, 6.45) is 1.61. The number of nitrogens with zero attached hydrogens (tertiary/aromatic N) is 2. The lowest BCUT2D eigenvalue weighted by atomic mass is 9.86. The molecular formula is C16H20N2O2. The van der Waals surface area contributed by atoms with E-state index >= 15 is 0 Å². The van der Waals surface area contributed by atoms with Gasteiger partial charge in [0.15, 0.2) is 0 Å². The van der Waals surface area contributed by atoms with E-state index in [9.17, 15) is 0 Å². The zero-order chi connectivity index (χ0) is 14.8. The van der Waals surface area contributed by atoms with Crippen molar-refractivity contribution in [2.24, 2.45) is 0 Å². The van der Waals surface area contributed by atoms with E-state index in [0.717, 1.165) is 11.3 Å². The minimum Gasteiger partial charge on any atom is -0.467 e. The van der Waals surface area contributed by atoms with Gasteiger partial charge < -0.3 is 9.47 Å². The molecule has 0 unspecified atom stereocenters. The van der Waals surface area contributed by atoms with Crippen LogP contribution < -0.4 is 9.47 Å². The van der Waals surface area contributed by atoms with Crippen LogP contribution in [0.4, 0.5) is 0 Å². The van der Waals surface area contributed by atoms with Crippen LogP contribution >= 0.6 is 0 Å². The molecule has 20 heavy (non-hydrogen) atoms. The first-order chi connectivity index (χ1) is 9.40. The Morgan fingerprint density at radius 2 is 1.85 bits per heavy atom. The zero-order valence-corrected chi connectivity index (χ0v) is 12.6. The Bertz CT molecular complexity index is 604. The standard InChI is InChI=1S/C16H20N2O2/c1-11-10-12(16(2,3)4)6-7-13(11)20-14-8-9-17-15(18-14)19-5/h6-10H,1-5H3. The van der Waals surface area contributed by atoms with Crippen molar-refractivity contribution in [3.63, 3.8) is 0 Å². The Balaban J connectivity index is 2.25. The van der Waals surface area contributed by atoms with Gasteiger partial charge >= 0.3 is 6.01 Å². The summed E-state index contributed by atoms with van der Waals surface area (Å²) in [6, 6.07) is 8.21. The van der Waals surface area contributed by atoms with Gasteiger partial charge in [0.1, 0.15) is 5.75 Å². The van der Waals surface area contributed by atoms with Crippen LogP contribution in [0, 0.1) is 6.92 Å². The van der Waals surface area contributed by atoms with Crippen molar-refractivity contribution in [2.75, 3.05) is 7.11 Å². The number of methoxy groups -OCH3 is 1. The highest BCUT2D eigenvalue weighted by molar-refractivity contribution is 5.40. The molecule has 0 N–H and O–H groups in total. The molecule has 2 aromatic rings. The van der Waals surface area contributed by atoms with Crippen molar-refractivity contribution in [1.82, 2.24) is 9.97 Å². The maximum atomic E-state index is 5.79. The fourth-order valence-electron chi connectivity index (χ4n) is 1.82. The van der Waals surface area contributed by atoms with Gasteiger partial charge in [0.25, 0.3) is 0 Å². The van der Waals surface area contributed by atoms with E-state index in [1.165, 1.54) is 12.7 Å². The van der Waals surface area contributed by atoms with Crippen molar-refractivity contribution in [3.05, 3.63) is 41.6 Å². The fourth-order valence-corrected chi connectivity index (χ4v) is 1.82. The molecule has 0 fully saturated rings. The quantitative estimate of drug-likeness (QED) is 0.850. The van der Waals surface area contributed by atoms with Gasteiger partial charge in [-0.15, -0.1) is 0 Å². The first-order valence-electron chi connectivity index (χ1n) is 6.56. The Kier molecular flexibility index (Phi) is 3.93. The van der Waals surface area contributed by atoms with E-state index in [4.69, 9.17) is 9.47 Å². The molecule has 0 aliphatic heterocycles. The third kappa shape index (κ3) is 3.26. The highest BCUT2D eigenvalue weighted by Gasteiger charge is 2.15. The second kappa shape index (κ2) is 5.49. The number of aryl methyl sites for hydroxylation is 1. The molecule has 0 radical (unpaired) electrons. The third-order valence-electron chi connectivity index (χ3n) is 3.05. The molecule has 4 heteroatoms. The molecule has 0 amide bonds. The van der Waals surface area contributed by atoms with Gasteiger partial charge in [0, 0.05) is 12.3 Å². The predicted octanol–water partition coefficient (Wildman–Crippen LogP) is 3.88. The molecular weight excluding hydrogens is 252 g/mol. The molecule has 0 bridgehead atoms. The number of aromatic nitrogens is 2. The number of rotatable bonds is 3. The zero-order valence-electron chi connectivity index (χ0n) is 12.6. The van der Waals surface area contributed by atoms with E-state index in [1.807, 2.05) is 13.0 Å². The number of hydrogen-bond donors (Lipinski definition) is 0. The van der Waals surface area contributed by atoms with Crippen molar-refractivity contribution in [2.45, 2.75) is 33.1 Å². The van der Waals surface area contributed by atoms with Crippen LogP contribution in [0.5, 0.6) is 17.6 Å². The molecule has 0 atom stereocenters. The summed E-state index contributed by atoms with van der Waals surface area (Å²) in [7, 11) is 1.53. The lowest BCUT2D eigenvalue weighted by Gasteiger charge is -2.20. The summed E-state index contributed by atoms with van der Waals surface area (Å²) >= 11 is 0. The van der Waals surface area contributed by atoms with Crippen molar-refractivity contribution in [1.29, 1.82) is 0 Å². The summed E-state index contributed by atoms with van der Waals surface area (Å²) < 4.78 is 10.8. The second-order valence-electron chi connectivity index (χ2n) is 5.71. The largest absolute Gasteiger partial charge is 0.467 e. The highest BCUT2D eigenvalue weighted by atomic mass is 16.5. The van der Waals surface area contributed by atoms with Gasteiger partial charge in [-0.25, -0.2) is 4.98 Å². The molecule has 1 aromatic carbocycles. The van der Waals surface area contributed by atoms with E-state index in [1.54, 1.807) is 12.3 Å². The molecule has 0 aliphatic carbocycles. The molecule has 0 saturated heterocycles. The first kappa shape index (κ1) is 14.3. The molecule has 0 spiro atoms. The van der Waals surface area contributed by atoms with Crippen molar-refractivity contribution < 1.29 is 9.47 Å². The molecule has 1 aromatic heterocycles. The lowest BCUT2D eigenvalue weighted by molar-refractivity contribution is 0.366. The summed E-state index contributed by atoms with van der Waals surface area (Å²) in [5, 5.41) is 0. The Morgan fingerprint density at radius 3 is 2.45 bits per heavy atom. The third-order valence-corrected chi connectivity index (χ3v) is 3.05. The monoisotopic (exact) mass is 272 g/mol. The maximum absolute atomic E-state index is 5.79. The second-order valence-corrected chi connectivity index (χ2v) is 5.71. The fraction of sp³-hybridized carbons (Fsp3) is 0.375. The topological polar surface area (TPSA) is 44.2 Å². The van der Waals surface area contributed by atoms with Crippen LogP contribution in [0.3, 0.4) is 0 Å². The molecule has 1 heterocycles. The van der Waals surface area contributed by atoms with Gasteiger partial charge in [-0.2, -0.15) is 4.98 Å². The minimum atomic E-state index is 0.126. The predicted molar refractivity (Wildman–Crippen MR) is 78.5 cm³/mol. The average Bonchev–Trinajstić information content (AvgIpc) is 2.40. The highest BCUT2D eigenvalue weighted by Crippen LogP contribution is 2.29. The van der Waals surface area contributed by atoms with Gasteiger partial charge in [-0.3, -0.25) is 0 Å². The van der Waals surface area contributed by atoms with Crippen LogP contribution in [0.1, 0.15) is 31.9 Å². The molecule has 106 valence electrons. The Morgan fingerprint density at radius 1 is 1.10 bits per heavy atom. The Hall–Kier alpha value is -2.10. The van der Waals surface area contributed by atoms with Crippen LogP contribution in [0.2, 0.25) is 0 Å². The van der Waals surface area contributed by atoms with Crippen LogP contribution in [-0.2, 0) is 5.41 Å². The van der Waals surface area contributed by atoms with Gasteiger partial charge in [-0.1, -0.05) is 32.9 Å². The first-order valence-corrected chi connectivity index (χ1v) is 6.56. The normalized spacial score (nSPS) is 11.2. The lowest BCUT2D eigenvalue weighted by Crippen LogP contribution is -2.11. The van der Waals surface area contributed by atoms with Crippen LogP contribution in [-0.4, -0.2) is 17.1 Å². The van der Waals surface area contributed by atoms with Crippen molar-refractivity contribution in [3.8, 4) is 17.6 Å². The summed E-state index contributed by atoms with van der Waals surface area (Å²) in [5.74, 6) is 1.27. The molecule has 2 rings (SSSR count). The number of ether oxygens (including phenoxy) is 2.